The summed E-state index contributed by atoms with van der Waals surface area (Å²) in [7, 11) is 0. The van der Waals surface area contributed by atoms with E-state index in [1.807, 2.05) is 12.1 Å². The largest absolute Gasteiger partial charge is 0.316 e. The van der Waals surface area contributed by atoms with Gasteiger partial charge in [-0.3, -0.25) is 4.90 Å². The molecule has 0 aliphatic carbocycles. The number of nitrogens with zero attached hydrogens (tertiary/aromatic N) is 1. The van der Waals surface area contributed by atoms with Crippen LogP contribution in [0.2, 0.25) is 0 Å². The molecule has 0 saturated carbocycles. The fraction of sp³-hybridized carbons (Fsp3) is 0.600. The molecule has 0 amide bonds. The number of piperidine rings is 1. The van der Waals surface area contributed by atoms with Crippen molar-refractivity contribution in [3.05, 3.63) is 35.6 Å². The standard InChI is InChI=1S/C15H21FN2/c1-11(12-2-4-15(16)5-3-12)18-7-6-13-8-17-9-14(13)10-18/h2-5,11,13-14,17H,6-10H2,1H3. The van der Waals surface area contributed by atoms with Crippen molar-refractivity contribution in [2.45, 2.75) is 19.4 Å². The van der Waals surface area contributed by atoms with Crippen LogP contribution in [-0.2, 0) is 0 Å². The molecule has 3 heteroatoms. The van der Waals surface area contributed by atoms with Crippen molar-refractivity contribution in [2.24, 2.45) is 11.8 Å². The molecule has 3 rings (SSSR count). The average Bonchev–Trinajstić information content (AvgIpc) is 2.86. The predicted octanol–water partition coefficient (Wildman–Crippen LogP) is 2.43. The van der Waals surface area contributed by atoms with E-state index in [9.17, 15) is 4.39 Å². The molecule has 2 heterocycles. The summed E-state index contributed by atoms with van der Waals surface area (Å²) >= 11 is 0. The van der Waals surface area contributed by atoms with Gasteiger partial charge in [0, 0.05) is 12.6 Å². The van der Waals surface area contributed by atoms with E-state index in [-0.39, 0.29) is 5.82 Å². The van der Waals surface area contributed by atoms with Crippen LogP contribution in [0.3, 0.4) is 0 Å². The van der Waals surface area contributed by atoms with Crippen molar-refractivity contribution in [3.63, 3.8) is 0 Å². The quantitative estimate of drug-likeness (QED) is 0.864. The van der Waals surface area contributed by atoms with E-state index in [0.29, 0.717) is 6.04 Å². The SMILES string of the molecule is CC(c1ccc(F)cc1)N1CCC2CNCC2C1. The molecule has 18 heavy (non-hydrogen) atoms. The Bertz CT molecular complexity index is 403. The topological polar surface area (TPSA) is 15.3 Å². The highest BCUT2D eigenvalue weighted by Crippen LogP contribution is 2.31. The van der Waals surface area contributed by atoms with Crippen LogP contribution in [0.15, 0.2) is 24.3 Å². The number of fused-ring (bicyclic) bond motifs is 1. The van der Waals surface area contributed by atoms with E-state index >= 15 is 0 Å². The Balaban J connectivity index is 1.69. The van der Waals surface area contributed by atoms with Crippen LogP contribution in [0, 0.1) is 17.7 Å². The van der Waals surface area contributed by atoms with Crippen molar-refractivity contribution in [2.75, 3.05) is 26.2 Å². The zero-order chi connectivity index (χ0) is 12.5. The lowest BCUT2D eigenvalue weighted by Gasteiger charge is -2.38. The lowest BCUT2D eigenvalue weighted by atomic mass is 9.87. The lowest BCUT2D eigenvalue weighted by molar-refractivity contribution is 0.111. The Morgan fingerprint density at radius 1 is 1.22 bits per heavy atom. The first-order valence-electron chi connectivity index (χ1n) is 6.94. The second-order valence-corrected chi connectivity index (χ2v) is 5.69. The van der Waals surface area contributed by atoms with Crippen molar-refractivity contribution >= 4 is 0 Å². The van der Waals surface area contributed by atoms with Gasteiger partial charge in [-0.1, -0.05) is 12.1 Å². The van der Waals surface area contributed by atoms with Crippen LogP contribution in [0.4, 0.5) is 4.39 Å². The van der Waals surface area contributed by atoms with E-state index in [4.69, 9.17) is 0 Å². The first-order valence-corrected chi connectivity index (χ1v) is 6.94. The third kappa shape index (κ3) is 2.29. The molecule has 1 N–H and O–H groups in total. The molecule has 0 radical (unpaired) electrons. The number of hydrogen-bond donors (Lipinski definition) is 1. The summed E-state index contributed by atoms with van der Waals surface area (Å²) < 4.78 is 12.9. The molecule has 98 valence electrons. The molecule has 1 aromatic rings. The summed E-state index contributed by atoms with van der Waals surface area (Å²) in [6.07, 6.45) is 1.29. The molecule has 2 nitrogen and oxygen atoms in total. The van der Waals surface area contributed by atoms with Gasteiger partial charge in [-0.2, -0.15) is 0 Å². The summed E-state index contributed by atoms with van der Waals surface area (Å²) in [5, 5.41) is 3.49. The minimum absolute atomic E-state index is 0.148. The minimum atomic E-state index is -0.148. The smallest absolute Gasteiger partial charge is 0.123 e. The number of nitrogens with one attached hydrogen (secondary N) is 1. The van der Waals surface area contributed by atoms with Crippen molar-refractivity contribution in [1.29, 1.82) is 0 Å². The maximum Gasteiger partial charge on any atom is 0.123 e. The predicted molar refractivity (Wildman–Crippen MR) is 70.9 cm³/mol. The van der Waals surface area contributed by atoms with Gasteiger partial charge in [-0.05, 0) is 62.5 Å². The monoisotopic (exact) mass is 248 g/mol. The van der Waals surface area contributed by atoms with Crippen molar-refractivity contribution < 1.29 is 4.39 Å². The van der Waals surface area contributed by atoms with Gasteiger partial charge >= 0.3 is 0 Å². The molecular weight excluding hydrogens is 227 g/mol. The van der Waals surface area contributed by atoms with Crippen LogP contribution < -0.4 is 5.32 Å². The summed E-state index contributed by atoms with van der Waals surface area (Å²) in [6, 6.07) is 7.36. The summed E-state index contributed by atoms with van der Waals surface area (Å²) in [5.74, 6) is 1.54. The molecular formula is C15H21FN2. The fourth-order valence-corrected chi connectivity index (χ4v) is 3.37. The van der Waals surface area contributed by atoms with Crippen LogP contribution in [0.25, 0.3) is 0 Å². The van der Waals surface area contributed by atoms with Gasteiger partial charge in [0.2, 0.25) is 0 Å². The maximum atomic E-state index is 12.9. The Kier molecular flexibility index (Phi) is 3.35. The lowest BCUT2D eigenvalue weighted by Crippen LogP contribution is -2.41. The van der Waals surface area contributed by atoms with E-state index in [0.717, 1.165) is 18.4 Å². The Morgan fingerprint density at radius 3 is 2.72 bits per heavy atom. The first kappa shape index (κ1) is 12.1. The second kappa shape index (κ2) is 4.98. The summed E-state index contributed by atoms with van der Waals surface area (Å²) in [6.45, 7) is 6.94. The van der Waals surface area contributed by atoms with E-state index < -0.39 is 0 Å². The maximum absolute atomic E-state index is 12.9. The van der Waals surface area contributed by atoms with Crippen LogP contribution in [0.5, 0.6) is 0 Å². The van der Waals surface area contributed by atoms with Crippen molar-refractivity contribution in [3.8, 4) is 0 Å². The Labute approximate surface area is 108 Å². The molecule has 2 saturated heterocycles. The zero-order valence-electron chi connectivity index (χ0n) is 10.9. The van der Waals surface area contributed by atoms with Gasteiger partial charge < -0.3 is 5.32 Å². The van der Waals surface area contributed by atoms with Crippen molar-refractivity contribution in [1.82, 2.24) is 10.2 Å². The molecule has 3 atom stereocenters. The van der Waals surface area contributed by atoms with Gasteiger partial charge in [0.25, 0.3) is 0 Å². The molecule has 2 fully saturated rings. The molecule has 0 bridgehead atoms. The fourth-order valence-electron chi connectivity index (χ4n) is 3.37. The third-order valence-corrected chi connectivity index (χ3v) is 4.64. The van der Waals surface area contributed by atoms with Gasteiger partial charge in [0.15, 0.2) is 0 Å². The number of benzene rings is 1. The van der Waals surface area contributed by atoms with Crippen LogP contribution >= 0.6 is 0 Å². The normalized spacial score (nSPS) is 30.1. The van der Waals surface area contributed by atoms with E-state index in [1.54, 1.807) is 12.1 Å². The van der Waals surface area contributed by atoms with Gasteiger partial charge in [-0.25, -0.2) is 4.39 Å². The zero-order valence-corrected chi connectivity index (χ0v) is 10.9. The van der Waals surface area contributed by atoms with Gasteiger partial charge in [-0.15, -0.1) is 0 Å². The summed E-state index contributed by atoms with van der Waals surface area (Å²) in [5.41, 5.74) is 1.22. The van der Waals surface area contributed by atoms with Gasteiger partial charge in [0.05, 0.1) is 0 Å². The number of likely N-dealkylation sites (tertiary alicyclic amines) is 1. The molecule has 2 aliphatic heterocycles. The minimum Gasteiger partial charge on any atom is -0.316 e. The highest BCUT2D eigenvalue weighted by molar-refractivity contribution is 5.19. The Hall–Kier alpha value is -0.930. The molecule has 0 aromatic heterocycles. The van der Waals surface area contributed by atoms with Crippen LogP contribution in [-0.4, -0.2) is 31.1 Å². The Morgan fingerprint density at radius 2 is 1.94 bits per heavy atom. The highest BCUT2D eigenvalue weighted by atomic mass is 19.1. The van der Waals surface area contributed by atoms with Gasteiger partial charge in [0.1, 0.15) is 5.82 Å². The second-order valence-electron chi connectivity index (χ2n) is 5.69. The number of halogens is 1. The molecule has 3 unspecified atom stereocenters. The highest BCUT2D eigenvalue weighted by Gasteiger charge is 2.34. The first-order chi connectivity index (χ1) is 8.74. The summed E-state index contributed by atoms with van der Waals surface area (Å²) in [4.78, 5) is 2.54. The molecule has 1 aromatic carbocycles. The average molecular weight is 248 g/mol. The number of hydrogen-bond acceptors (Lipinski definition) is 2. The van der Waals surface area contributed by atoms with E-state index in [1.165, 1.54) is 31.6 Å². The van der Waals surface area contributed by atoms with E-state index in [2.05, 4.69) is 17.1 Å². The number of rotatable bonds is 2. The van der Waals surface area contributed by atoms with Crippen LogP contribution in [0.1, 0.15) is 24.9 Å². The third-order valence-electron chi connectivity index (χ3n) is 4.64. The molecule has 2 aliphatic rings. The molecule has 0 spiro atoms.